The smallest absolute Gasteiger partial charge is 0.147 e. The summed E-state index contributed by atoms with van der Waals surface area (Å²) in [6, 6.07) is 6.08. The maximum absolute atomic E-state index is 5.31. The van der Waals surface area contributed by atoms with Crippen molar-refractivity contribution in [2.45, 2.75) is 6.54 Å². The van der Waals surface area contributed by atoms with E-state index in [-0.39, 0.29) is 0 Å². The highest BCUT2D eigenvalue weighted by atomic mass is 79.9. The van der Waals surface area contributed by atoms with E-state index in [2.05, 4.69) is 47.1 Å². The molecule has 0 atom stereocenters. The SMILES string of the molecule is COc1c(Br)cc(CNc2cnccc2N(C)C)cc1Br. The molecule has 0 amide bonds. The highest BCUT2D eigenvalue weighted by Gasteiger charge is 2.09. The van der Waals surface area contributed by atoms with Gasteiger partial charge in [-0.1, -0.05) is 0 Å². The van der Waals surface area contributed by atoms with Gasteiger partial charge < -0.3 is 15.0 Å². The van der Waals surface area contributed by atoms with Crippen molar-refractivity contribution in [1.82, 2.24) is 4.98 Å². The molecule has 0 saturated heterocycles. The van der Waals surface area contributed by atoms with Gasteiger partial charge in [-0.2, -0.15) is 0 Å². The number of rotatable bonds is 5. The summed E-state index contributed by atoms with van der Waals surface area (Å²) in [4.78, 5) is 6.23. The summed E-state index contributed by atoms with van der Waals surface area (Å²) in [6.45, 7) is 0.702. The van der Waals surface area contributed by atoms with Crippen molar-refractivity contribution < 1.29 is 4.74 Å². The number of hydrogen-bond donors (Lipinski definition) is 1. The van der Waals surface area contributed by atoms with Crippen LogP contribution < -0.4 is 15.0 Å². The summed E-state index contributed by atoms with van der Waals surface area (Å²) in [5.74, 6) is 0.800. The van der Waals surface area contributed by atoms with E-state index in [1.165, 1.54) is 0 Å². The molecule has 0 aliphatic heterocycles. The topological polar surface area (TPSA) is 37.4 Å². The zero-order valence-electron chi connectivity index (χ0n) is 12.2. The molecule has 2 aromatic rings. The molecule has 0 fully saturated rings. The number of methoxy groups -OCH3 is 1. The lowest BCUT2D eigenvalue weighted by Crippen LogP contribution is -2.12. The molecule has 0 aliphatic carbocycles. The van der Waals surface area contributed by atoms with Crippen LogP contribution in [0.5, 0.6) is 5.75 Å². The molecule has 6 heteroatoms. The average Bonchev–Trinajstić information content (AvgIpc) is 2.45. The van der Waals surface area contributed by atoms with Crippen LogP contribution in [0.25, 0.3) is 0 Å². The van der Waals surface area contributed by atoms with E-state index >= 15 is 0 Å². The van der Waals surface area contributed by atoms with E-state index in [4.69, 9.17) is 4.74 Å². The third-order valence-electron chi connectivity index (χ3n) is 3.03. The van der Waals surface area contributed by atoms with Crippen LogP contribution in [-0.2, 0) is 6.54 Å². The zero-order valence-corrected chi connectivity index (χ0v) is 15.3. The van der Waals surface area contributed by atoms with Gasteiger partial charge in [-0.15, -0.1) is 0 Å². The molecule has 0 radical (unpaired) electrons. The van der Waals surface area contributed by atoms with Gasteiger partial charge in [0.15, 0.2) is 0 Å². The maximum atomic E-state index is 5.31. The van der Waals surface area contributed by atoms with Crippen LogP contribution >= 0.6 is 31.9 Å². The standard InChI is InChI=1S/C15H17Br2N3O/c1-20(2)14-4-5-18-9-13(14)19-8-10-6-11(16)15(21-3)12(17)7-10/h4-7,9,19H,8H2,1-3H3. The molecular weight excluding hydrogens is 398 g/mol. The summed E-state index contributed by atoms with van der Waals surface area (Å²) >= 11 is 7.04. The number of ether oxygens (including phenoxy) is 1. The Hall–Kier alpha value is -1.27. The summed E-state index contributed by atoms with van der Waals surface area (Å²) in [7, 11) is 5.68. The second-order valence-corrected chi connectivity index (χ2v) is 6.44. The van der Waals surface area contributed by atoms with Gasteiger partial charge in [-0.05, 0) is 55.6 Å². The van der Waals surface area contributed by atoms with Crippen LogP contribution in [0.3, 0.4) is 0 Å². The molecule has 1 aromatic carbocycles. The lowest BCUT2D eigenvalue weighted by Gasteiger charge is -2.18. The Morgan fingerprint density at radius 2 is 1.90 bits per heavy atom. The molecule has 1 aromatic heterocycles. The molecule has 0 saturated carbocycles. The van der Waals surface area contributed by atoms with E-state index < -0.39 is 0 Å². The van der Waals surface area contributed by atoms with Gasteiger partial charge in [0, 0.05) is 26.8 Å². The van der Waals surface area contributed by atoms with Crippen molar-refractivity contribution in [2.24, 2.45) is 0 Å². The molecule has 1 N–H and O–H groups in total. The van der Waals surface area contributed by atoms with Gasteiger partial charge in [0.25, 0.3) is 0 Å². The lowest BCUT2D eigenvalue weighted by molar-refractivity contribution is 0.409. The fraction of sp³-hybridized carbons (Fsp3) is 0.267. The van der Waals surface area contributed by atoms with Gasteiger partial charge in [0.1, 0.15) is 5.75 Å². The number of halogens is 2. The fourth-order valence-corrected chi connectivity index (χ4v) is 3.63. The van der Waals surface area contributed by atoms with E-state index in [9.17, 15) is 0 Å². The predicted molar refractivity (Wildman–Crippen MR) is 94.3 cm³/mol. The van der Waals surface area contributed by atoms with E-state index in [1.54, 1.807) is 13.3 Å². The van der Waals surface area contributed by atoms with Crippen molar-refractivity contribution in [3.8, 4) is 5.75 Å². The second-order valence-electron chi connectivity index (χ2n) is 4.73. The number of aromatic nitrogens is 1. The first kappa shape index (κ1) is 16.1. The number of nitrogens with zero attached hydrogens (tertiary/aromatic N) is 2. The van der Waals surface area contributed by atoms with Gasteiger partial charge in [0.05, 0.1) is 33.6 Å². The molecule has 0 bridgehead atoms. The first-order valence-electron chi connectivity index (χ1n) is 6.40. The monoisotopic (exact) mass is 413 g/mol. The minimum Gasteiger partial charge on any atom is -0.494 e. The highest BCUT2D eigenvalue weighted by Crippen LogP contribution is 2.34. The molecule has 0 aliphatic rings. The van der Waals surface area contributed by atoms with Crippen LogP contribution in [0.1, 0.15) is 5.56 Å². The third-order valence-corrected chi connectivity index (χ3v) is 4.20. The van der Waals surface area contributed by atoms with Crippen LogP contribution in [-0.4, -0.2) is 26.2 Å². The molecular formula is C15H17Br2N3O. The Morgan fingerprint density at radius 1 is 1.24 bits per heavy atom. The lowest BCUT2D eigenvalue weighted by atomic mass is 10.2. The van der Waals surface area contributed by atoms with Gasteiger partial charge in [0.2, 0.25) is 0 Å². The molecule has 1 heterocycles. The molecule has 0 spiro atoms. The Labute approximate surface area is 141 Å². The minimum absolute atomic E-state index is 0.702. The first-order valence-corrected chi connectivity index (χ1v) is 7.98. The summed E-state index contributed by atoms with van der Waals surface area (Å²) in [6.07, 6.45) is 3.63. The fourth-order valence-electron chi connectivity index (χ4n) is 2.02. The van der Waals surface area contributed by atoms with Crippen molar-refractivity contribution in [2.75, 3.05) is 31.4 Å². The van der Waals surface area contributed by atoms with Crippen molar-refractivity contribution >= 4 is 43.2 Å². The van der Waals surface area contributed by atoms with Crippen molar-refractivity contribution in [3.05, 3.63) is 45.1 Å². The Morgan fingerprint density at radius 3 is 2.48 bits per heavy atom. The summed E-state index contributed by atoms with van der Waals surface area (Å²) < 4.78 is 7.17. The normalized spacial score (nSPS) is 10.3. The predicted octanol–water partition coefficient (Wildman–Crippen LogP) is 4.29. The Kier molecular flexibility index (Phi) is 5.47. The number of benzene rings is 1. The van der Waals surface area contributed by atoms with Gasteiger partial charge in [-0.3, -0.25) is 4.98 Å². The second kappa shape index (κ2) is 7.13. The Balaban J connectivity index is 2.17. The third kappa shape index (κ3) is 3.89. The summed E-state index contributed by atoms with van der Waals surface area (Å²) in [5.41, 5.74) is 3.25. The molecule has 2 rings (SSSR count). The quantitative estimate of drug-likeness (QED) is 0.791. The molecule has 0 unspecified atom stereocenters. The van der Waals surface area contributed by atoms with Crippen molar-refractivity contribution in [1.29, 1.82) is 0 Å². The van der Waals surface area contributed by atoms with Crippen molar-refractivity contribution in [3.63, 3.8) is 0 Å². The molecule has 21 heavy (non-hydrogen) atoms. The van der Waals surface area contributed by atoms with Crippen LogP contribution in [0, 0.1) is 0 Å². The first-order chi connectivity index (χ1) is 10.0. The summed E-state index contributed by atoms with van der Waals surface area (Å²) in [5, 5.41) is 3.42. The number of pyridine rings is 1. The van der Waals surface area contributed by atoms with Gasteiger partial charge in [-0.25, -0.2) is 0 Å². The van der Waals surface area contributed by atoms with E-state index in [1.807, 2.05) is 38.5 Å². The molecule has 4 nitrogen and oxygen atoms in total. The highest BCUT2D eigenvalue weighted by molar-refractivity contribution is 9.11. The van der Waals surface area contributed by atoms with Crippen LogP contribution in [0.15, 0.2) is 39.5 Å². The minimum atomic E-state index is 0.702. The number of nitrogens with one attached hydrogen (secondary N) is 1. The maximum Gasteiger partial charge on any atom is 0.147 e. The van der Waals surface area contributed by atoms with E-state index in [0.29, 0.717) is 6.54 Å². The zero-order chi connectivity index (χ0) is 15.4. The average molecular weight is 415 g/mol. The largest absolute Gasteiger partial charge is 0.494 e. The van der Waals surface area contributed by atoms with Crippen LogP contribution in [0.2, 0.25) is 0 Å². The van der Waals surface area contributed by atoms with Gasteiger partial charge >= 0.3 is 0 Å². The Bertz CT molecular complexity index is 609. The van der Waals surface area contributed by atoms with E-state index in [0.717, 1.165) is 31.6 Å². The number of hydrogen-bond acceptors (Lipinski definition) is 4. The number of anilines is 2. The van der Waals surface area contributed by atoms with Crippen LogP contribution in [0.4, 0.5) is 11.4 Å². The molecule has 112 valence electrons.